The fourth-order valence-electron chi connectivity index (χ4n) is 2.89. The minimum absolute atomic E-state index is 0.253. The molecule has 0 fully saturated rings. The number of benzene rings is 2. The fourth-order valence-corrected chi connectivity index (χ4v) is 2.89. The highest BCUT2D eigenvalue weighted by atomic mass is 16.6. The van der Waals surface area contributed by atoms with Gasteiger partial charge in [-0.1, -0.05) is 13.8 Å². The number of anilines is 1. The van der Waals surface area contributed by atoms with Crippen LogP contribution >= 0.6 is 0 Å². The first-order valence-corrected chi connectivity index (χ1v) is 9.70. The van der Waals surface area contributed by atoms with E-state index in [2.05, 4.69) is 15.5 Å². The zero-order valence-electron chi connectivity index (χ0n) is 17.3. The van der Waals surface area contributed by atoms with E-state index in [4.69, 9.17) is 0 Å². The van der Waals surface area contributed by atoms with Crippen LogP contribution in [0.2, 0.25) is 0 Å². The van der Waals surface area contributed by atoms with Crippen molar-refractivity contribution < 1.29 is 24.4 Å². The van der Waals surface area contributed by atoms with Gasteiger partial charge in [-0.05, 0) is 43.4 Å². The molecule has 2 rings (SSSR count). The monoisotopic (exact) mass is 428 g/mol. The largest absolute Gasteiger partial charge is 0.478 e. The molecular weight excluding hydrogens is 404 g/mol. The van der Waals surface area contributed by atoms with Crippen molar-refractivity contribution in [3.05, 3.63) is 69.3 Å². The first-order chi connectivity index (χ1) is 14.8. The Hall–Kier alpha value is -3.79. The molecule has 0 unspecified atom stereocenters. The number of hydrogen-bond donors (Lipinski definition) is 3. The van der Waals surface area contributed by atoms with Crippen LogP contribution < -0.4 is 10.6 Å². The number of hydrogen-bond acceptors (Lipinski definition) is 6. The second kappa shape index (κ2) is 10.8. The molecule has 0 spiro atoms. The molecule has 164 valence electrons. The molecule has 10 heteroatoms. The number of non-ortho nitro benzene ring substituents is 1. The van der Waals surface area contributed by atoms with E-state index in [-0.39, 0.29) is 17.0 Å². The molecule has 0 aliphatic carbocycles. The Balaban J connectivity index is 2.07. The van der Waals surface area contributed by atoms with Crippen molar-refractivity contribution in [2.75, 3.05) is 31.5 Å². The van der Waals surface area contributed by atoms with Crippen LogP contribution in [0.15, 0.2) is 42.5 Å². The highest BCUT2D eigenvalue weighted by Gasteiger charge is 2.21. The third kappa shape index (κ3) is 6.34. The Morgan fingerprint density at radius 2 is 1.65 bits per heavy atom. The summed E-state index contributed by atoms with van der Waals surface area (Å²) in [6, 6.07) is 8.98. The van der Waals surface area contributed by atoms with Gasteiger partial charge in [-0.15, -0.1) is 0 Å². The van der Waals surface area contributed by atoms with Crippen molar-refractivity contribution in [1.82, 2.24) is 10.2 Å². The molecule has 0 radical (unpaired) electrons. The summed E-state index contributed by atoms with van der Waals surface area (Å²) in [6.07, 6.45) is 0. The number of carboxylic acids is 1. The summed E-state index contributed by atoms with van der Waals surface area (Å²) in [6.45, 7) is 7.13. The predicted octanol–water partition coefficient (Wildman–Crippen LogP) is 2.62. The van der Waals surface area contributed by atoms with Gasteiger partial charge in [-0.3, -0.25) is 19.7 Å². The normalized spacial score (nSPS) is 10.5. The van der Waals surface area contributed by atoms with Crippen LogP contribution in [-0.2, 0) is 0 Å². The maximum absolute atomic E-state index is 12.5. The summed E-state index contributed by atoms with van der Waals surface area (Å²) in [5.74, 6) is -2.44. The van der Waals surface area contributed by atoms with Gasteiger partial charge < -0.3 is 20.6 Å². The number of nitrogens with zero attached hydrogens (tertiary/aromatic N) is 2. The second-order valence-corrected chi connectivity index (χ2v) is 6.61. The smallest absolute Gasteiger partial charge is 0.336 e. The Kier molecular flexibility index (Phi) is 8.21. The van der Waals surface area contributed by atoms with Gasteiger partial charge >= 0.3 is 5.97 Å². The minimum Gasteiger partial charge on any atom is -0.478 e. The van der Waals surface area contributed by atoms with Crippen molar-refractivity contribution in [2.45, 2.75) is 13.8 Å². The summed E-state index contributed by atoms with van der Waals surface area (Å²) in [5, 5.41) is 25.5. The summed E-state index contributed by atoms with van der Waals surface area (Å²) < 4.78 is 0. The molecule has 2 aromatic carbocycles. The van der Waals surface area contributed by atoms with Gasteiger partial charge in [0.2, 0.25) is 0 Å². The number of nitrogens with one attached hydrogen (secondary N) is 2. The first-order valence-electron chi connectivity index (χ1n) is 9.70. The van der Waals surface area contributed by atoms with Gasteiger partial charge in [0.25, 0.3) is 17.5 Å². The van der Waals surface area contributed by atoms with Crippen molar-refractivity contribution in [3.63, 3.8) is 0 Å². The van der Waals surface area contributed by atoms with E-state index in [1.165, 1.54) is 24.3 Å². The first kappa shape index (κ1) is 23.5. The molecule has 2 amide bonds. The molecule has 2 aromatic rings. The van der Waals surface area contributed by atoms with Crippen LogP contribution in [0.5, 0.6) is 0 Å². The molecule has 31 heavy (non-hydrogen) atoms. The van der Waals surface area contributed by atoms with Crippen LogP contribution in [0.1, 0.15) is 44.9 Å². The average Bonchev–Trinajstić information content (AvgIpc) is 2.76. The molecule has 0 saturated carbocycles. The quantitative estimate of drug-likeness (QED) is 0.390. The summed E-state index contributed by atoms with van der Waals surface area (Å²) in [4.78, 5) is 48.5. The van der Waals surface area contributed by atoms with Crippen LogP contribution in [-0.4, -0.2) is 58.9 Å². The fraction of sp³-hybridized carbons (Fsp3) is 0.286. The highest BCUT2D eigenvalue weighted by Crippen LogP contribution is 2.20. The van der Waals surface area contributed by atoms with Crippen molar-refractivity contribution in [2.24, 2.45) is 0 Å². The van der Waals surface area contributed by atoms with E-state index >= 15 is 0 Å². The van der Waals surface area contributed by atoms with Crippen LogP contribution in [0.3, 0.4) is 0 Å². The van der Waals surface area contributed by atoms with Gasteiger partial charge in [0.1, 0.15) is 0 Å². The number of amides is 2. The Bertz CT molecular complexity index is 970. The summed E-state index contributed by atoms with van der Waals surface area (Å²) in [7, 11) is 0. The third-order valence-corrected chi connectivity index (χ3v) is 4.70. The minimum atomic E-state index is -1.38. The van der Waals surface area contributed by atoms with Crippen molar-refractivity contribution >= 4 is 29.2 Å². The SMILES string of the molecule is CCN(CC)CCNC(=O)c1ccc(NC(=O)c2cc([N+](=O)[O-])ccc2C(=O)O)cc1. The summed E-state index contributed by atoms with van der Waals surface area (Å²) >= 11 is 0. The number of nitro benzene ring substituents is 1. The molecule has 0 aliphatic heterocycles. The molecule has 0 heterocycles. The van der Waals surface area contributed by atoms with E-state index in [0.29, 0.717) is 17.8 Å². The van der Waals surface area contributed by atoms with Gasteiger partial charge in [0.15, 0.2) is 0 Å². The molecule has 3 N–H and O–H groups in total. The molecular formula is C21H24N4O6. The number of likely N-dealkylation sites (N-methyl/N-ethyl adjacent to an activating group) is 1. The van der Waals surface area contributed by atoms with E-state index in [1.807, 2.05) is 13.8 Å². The lowest BCUT2D eigenvalue weighted by Gasteiger charge is -2.18. The lowest BCUT2D eigenvalue weighted by molar-refractivity contribution is -0.384. The molecule has 0 bridgehead atoms. The van der Waals surface area contributed by atoms with Gasteiger partial charge in [-0.25, -0.2) is 4.79 Å². The number of rotatable bonds is 10. The van der Waals surface area contributed by atoms with Crippen molar-refractivity contribution in [3.8, 4) is 0 Å². The number of nitro groups is 1. The zero-order valence-corrected chi connectivity index (χ0v) is 17.3. The van der Waals surface area contributed by atoms with E-state index in [9.17, 15) is 29.6 Å². The van der Waals surface area contributed by atoms with Crippen LogP contribution in [0.4, 0.5) is 11.4 Å². The standard InChI is InChI=1S/C21H24N4O6/c1-3-24(4-2)12-11-22-19(26)14-5-7-15(8-6-14)23-20(27)18-13-16(25(30)31)9-10-17(18)21(28)29/h5-10,13H,3-4,11-12H2,1-2H3,(H,22,26)(H,23,27)(H,28,29). The van der Waals surface area contributed by atoms with Gasteiger partial charge in [0, 0.05) is 36.5 Å². The number of carboxylic acid groups (broad SMARTS) is 1. The highest BCUT2D eigenvalue weighted by molar-refractivity contribution is 6.11. The lowest BCUT2D eigenvalue weighted by Crippen LogP contribution is -2.34. The third-order valence-electron chi connectivity index (χ3n) is 4.70. The van der Waals surface area contributed by atoms with Crippen LogP contribution in [0, 0.1) is 10.1 Å². The lowest BCUT2D eigenvalue weighted by atomic mass is 10.1. The Morgan fingerprint density at radius 3 is 2.19 bits per heavy atom. The molecule has 0 aromatic heterocycles. The van der Waals surface area contributed by atoms with E-state index in [0.717, 1.165) is 37.8 Å². The molecule has 0 aliphatic rings. The summed E-state index contributed by atoms with van der Waals surface area (Å²) in [5.41, 5.74) is -0.370. The number of carbonyl (C=O) groups is 3. The van der Waals surface area contributed by atoms with Crippen molar-refractivity contribution in [1.29, 1.82) is 0 Å². The average molecular weight is 428 g/mol. The van der Waals surface area contributed by atoms with E-state index in [1.54, 1.807) is 0 Å². The van der Waals surface area contributed by atoms with Gasteiger partial charge in [-0.2, -0.15) is 0 Å². The molecule has 0 saturated heterocycles. The maximum atomic E-state index is 12.5. The molecule has 10 nitrogen and oxygen atoms in total. The van der Waals surface area contributed by atoms with E-state index < -0.39 is 22.5 Å². The Labute approximate surface area is 179 Å². The second-order valence-electron chi connectivity index (χ2n) is 6.61. The number of carbonyl (C=O) groups excluding carboxylic acids is 2. The topological polar surface area (TPSA) is 142 Å². The Morgan fingerprint density at radius 1 is 1.00 bits per heavy atom. The molecule has 0 atom stereocenters. The zero-order chi connectivity index (χ0) is 23.0. The predicted molar refractivity (Wildman–Crippen MR) is 115 cm³/mol. The van der Waals surface area contributed by atoms with Crippen LogP contribution in [0.25, 0.3) is 0 Å². The number of aromatic carboxylic acids is 1. The maximum Gasteiger partial charge on any atom is 0.336 e. The van der Waals surface area contributed by atoms with Gasteiger partial charge in [0.05, 0.1) is 16.1 Å².